The van der Waals surface area contributed by atoms with Gasteiger partial charge in [-0.3, -0.25) is 0 Å². The molecule has 166 valence electrons. The summed E-state index contributed by atoms with van der Waals surface area (Å²) in [6, 6.07) is 0. The SMILES string of the molecule is CCCCN(C)[P+](NCC(OC)OC)(N(C)CCCC)N(C)CCCC.[Br-]. The van der Waals surface area contributed by atoms with Crippen molar-refractivity contribution in [2.45, 2.75) is 65.6 Å². The fraction of sp³-hybridized carbons (Fsp3) is 1.00. The molecule has 0 unspecified atom stereocenters. The van der Waals surface area contributed by atoms with Crippen LogP contribution in [0.5, 0.6) is 0 Å². The van der Waals surface area contributed by atoms with Crippen molar-refractivity contribution in [2.75, 3.05) is 61.5 Å². The molecule has 0 fully saturated rings. The molecular weight excluding hydrogens is 427 g/mol. The molecule has 0 bridgehead atoms. The van der Waals surface area contributed by atoms with Crippen molar-refractivity contribution < 1.29 is 26.5 Å². The third kappa shape index (κ3) is 9.81. The van der Waals surface area contributed by atoms with Crippen LogP contribution in [0.25, 0.3) is 0 Å². The highest BCUT2D eigenvalue weighted by atomic mass is 79.9. The second-order valence-corrected chi connectivity index (χ2v) is 10.5. The average Bonchev–Trinajstić information content (AvgIpc) is 2.65. The lowest BCUT2D eigenvalue weighted by Gasteiger charge is -2.44. The van der Waals surface area contributed by atoms with Crippen molar-refractivity contribution in [3.05, 3.63) is 0 Å². The highest BCUT2D eigenvalue weighted by Gasteiger charge is 2.52. The van der Waals surface area contributed by atoms with Crippen LogP contribution in [0.2, 0.25) is 0 Å². The molecule has 1 N–H and O–H groups in total. The predicted molar refractivity (Wildman–Crippen MR) is 115 cm³/mol. The van der Waals surface area contributed by atoms with E-state index in [1.807, 2.05) is 0 Å². The molecule has 0 aliphatic rings. The Kier molecular flexibility index (Phi) is 19.4. The summed E-state index contributed by atoms with van der Waals surface area (Å²) in [4.78, 5) is 0. The lowest BCUT2D eigenvalue weighted by molar-refractivity contribution is -0.0965. The summed E-state index contributed by atoms with van der Waals surface area (Å²) in [5, 5.41) is 3.90. The molecule has 0 saturated heterocycles. The Hall–Kier alpha value is 0.670. The second-order valence-electron chi connectivity index (χ2n) is 7.04. The molecule has 27 heavy (non-hydrogen) atoms. The smallest absolute Gasteiger partial charge is 0.305 e. The molecule has 8 heteroatoms. The second kappa shape index (κ2) is 17.5. The van der Waals surface area contributed by atoms with E-state index < -0.39 is 7.87 Å². The van der Waals surface area contributed by atoms with Gasteiger partial charge in [-0.1, -0.05) is 40.0 Å². The topological polar surface area (TPSA) is 40.2 Å². The van der Waals surface area contributed by atoms with E-state index in [9.17, 15) is 0 Å². The maximum absolute atomic E-state index is 5.46. The van der Waals surface area contributed by atoms with Gasteiger partial charge in [0.1, 0.15) is 0 Å². The van der Waals surface area contributed by atoms with E-state index in [4.69, 9.17) is 9.47 Å². The summed E-state index contributed by atoms with van der Waals surface area (Å²) in [6.07, 6.45) is 7.03. The molecule has 0 amide bonds. The number of nitrogens with zero attached hydrogens (tertiary/aromatic N) is 3. The number of unbranched alkanes of at least 4 members (excludes halogenated alkanes) is 3. The first-order valence-corrected chi connectivity index (χ1v) is 11.9. The van der Waals surface area contributed by atoms with E-state index in [2.05, 4.69) is 61.0 Å². The van der Waals surface area contributed by atoms with Gasteiger partial charge < -0.3 is 26.5 Å². The largest absolute Gasteiger partial charge is 1.00 e. The minimum absolute atomic E-state index is 0. The standard InChI is InChI=1S/C19H46N4O2P.BrH/c1-9-12-15-21(4)26(22(5)16-13-10-2,23(6)17-14-11-3)20-18-19(24-7)25-8;/h19-20H,9-18H2,1-8H3;1H/q+1;/p-1. The van der Waals surface area contributed by atoms with Gasteiger partial charge in [-0.2, -0.15) is 0 Å². The van der Waals surface area contributed by atoms with E-state index in [1.165, 1.54) is 38.5 Å². The number of hydrogen-bond acceptors (Lipinski definition) is 6. The van der Waals surface area contributed by atoms with Crippen LogP contribution < -0.4 is 22.1 Å². The maximum atomic E-state index is 5.46. The zero-order valence-electron chi connectivity index (χ0n) is 19.1. The van der Waals surface area contributed by atoms with E-state index in [0.717, 1.165) is 19.6 Å². The number of ether oxygens (including phenoxy) is 2. The lowest BCUT2D eigenvalue weighted by Crippen LogP contribution is -3.00. The Balaban J connectivity index is 0. The Morgan fingerprint density at radius 2 is 1.07 bits per heavy atom. The third-order valence-electron chi connectivity index (χ3n) is 4.93. The summed E-state index contributed by atoms with van der Waals surface area (Å²) in [5.41, 5.74) is 0. The van der Waals surface area contributed by atoms with Crippen LogP contribution in [0.3, 0.4) is 0 Å². The van der Waals surface area contributed by atoms with Crippen LogP contribution >= 0.6 is 7.87 Å². The zero-order chi connectivity index (χ0) is 20.0. The molecule has 0 saturated carbocycles. The average molecular weight is 473 g/mol. The molecule has 0 aliphatic heterocycles. The molecular formula is C19H46BrN4O2P. The van der Waals surface area contributed by atoms with Gasteiger partial charge in [0.25, 0.3) is 0 Å². The van der Waals surface area contributed by atoms with Crippen molar-refractivity contribution >= 4 is 7.87 Å². The van der Waals surface area contributed by atoms with Crippen molar-refractivity contribution in [2.24, 2.45) is 0 Å². The fourth-order valence-corrected chi connectivity index (χ4v) is 7.13. The number of rotatable bonds is 17. The summed E-state index contributed by atoms with van der Waals surface area (Å²) < 4.78 is 18.6. The van der Waals surface area contributed by atoms with Gasteiger partial charge in [0.15, 0.2) is 6.29 Å². The van der Waals surface area contributed by atoms with Gasteiger partial charge in [0.2, 0.25) is 0 Å². The predicted octanol–water partition coefficient (Wildman–Crippen LogP) is 1.07. The van der Waals surface area contributed by atoms with Crippen LogP contribution in [0.1, 0.15) is 59.3 Å². The molecule has 0 atom stereocenters. The summed E-state index contributed by atoms with van der Waals surface area (Å²) in [6.45, 7) is 10.7. The highest BCUT2D eigenvalue weighted by Crippen LogP contribution is 2.62. The first-order valence-electron chi connectivity index (χ1n) is 10.3. The molecule has 0 aromatic heterocycles. The number of hydrogen-bond donors (Lipinski definition) is 1. The van der Waals surface area contributed by atoms with Crippen LogP contribution in [-0.4, -0.2) is 81.8 Å². The number of methoxy groups -OCH3 is 2. The molecule has 0 aromatic rings. The molecule has 0 rings (SSSR count). The zero-order valence-corrected chi connectivity index (χ0v) is 21.6. The monoisotopic (exact) mass is 472 g/mol. The number of halogens is 1. The normalized spacial score (nSPS) is 12.4. The van der Waals surface area contributed by atoms with Crippen LogP contribution in [0.4, 0.5) is 0 Å². The lowest BCUT2D eigenvalue weighted by atomic mass is 10.3. The van der Waals surface area contributed by atoms with Gasteiger partial charge in [0.05, 0.1) is 6.54 Å². The minimum Gasteiger partial charge on any atom is -1.00 e. The van der Waals surface area contributed by atoms with E-state index in [1.54, 1.807) is 14.2 Å². The van der Waals surface area contributed by atoms with Gasteiger partial charge in [0, 0.05) is 55.0 Å². The van der Waals surface area contributed by atoms with E-state index >= 15 is 0 Å². The van der Waals surface area contributed by atoms with Gasteiger partial charge in [-0.15, -0.1) is 19.1 Å². The van der Waals surface area contributed by atoms with Gasteiger partial charge in [-0.25, -0.2) is 0 Å². The first-order chi connectivity index (χ1) is 12.4. The summed E-state index contributed by atoms with van der Waals surface area (Å²) in [5.74, 6) is 0. The van der Waals surface area contributed by atoms with Crippen molar-refractivity contribution in [1.82, 2.24) is 19.1 Å². The molecule has 0 aliphatic carbocycles. The molecule has 0 spiro atoms. The molecule has 0 aromatic carbocycles. The summed E-state index contributed by atoms with van der Waals surface area (Å²) >= 11 is 0. The fourth-order valence-electron chi connectivity index (χ4n) is 3.18. The molecule has 0 heterocycles. The third-order valence-corrected chi connectivity index (χ3v) is 8.99. The van der Waals surface area contributed by atoms with Crippen molar-refractivity contribution in [3.63, 3.8) is 0 Å². The van der Waals surface area contributed by atoms with Gasteiger partial charge in [-0.05, 0) is 19.3 Å². The van der Waals surface area contributed by atoms with E-state index in [0.29, 0.717) is 6.54 Å². The maximum Gasteiger partial charge on any atom is 0.305 e. The molecule has 0 radical (unpaired) electrons. The summed E-state index contributed by atoms with van der Waals surface area (Å²) in [7, 11) is 8.39. The van der Waals surface area contributed by atoms with Crippen molar-refractivity contribution in [1.29, 1.82) is 0 Å². The first kappa shape index (κ1) is 29.9. The Labute approximate surface area is 180 Å². The Bertz CT molecular complexity index is 303. The van der Waals surface area contributed by atoms with Gasteiger partial charge >= 0.3 is 7.87 Å². The minimum atomic E-state index is -1.85. The van der Waals surface area contributed by atoms with Crippen LogP contribution in [0, 0.1) is 0 Å². The Morgan fingerprint density at radius 3 is 1.33 bits per heavy atom. The quantitative estimate of drug-likeness (QED) is 0.252. The van der Waals surface area contributed by atoms with Crippen LogP contribution in [-0.2, 0) is 9.47 Å². The molecule has 6 nitrogen and oxygen atoms in total. The Morgan fingerprint density at radius 1 is 0.741 bits per heavy atom. The van der Waals surface area contributed by atoms with Crippen molar-refractivity contribution in [3.8, 4) is 0 Å². The number of nitrogens with one attached hydrogen (secondary N) is 1. The van der Waals surface area contributed by atoms with E-state index in [-0.39, 0.29) is 23.3 Å². The highest BCUT2D eigenvalue weighted by molar-refractivity contribution is 7.67. The van der Waals surface area contributed by atoms with Crippen LogP contribution in [0.15, 0.2) is 0 Å².